The normalized spacial score (nSPS) is 28.9. The average Bonchev–Trinajstić information content (AvgIpc) is 2.49. The van der Waals surface area contributed by atoms with Crippen LogP contribution in [0.4, 0.5) is 13.2 Å². The van der Waals surface area contributed by atoms with E-state index in [1.807, 2.05) is 0 Å². The second-order valence-electron chi connectivity index (χ2n) is 2.89. The summed E-state index contributed by atoms with van der Waals surface area (Å²) < 4.78 is 41.0. The molecule has 1 rings (SSSR count). The van der Waals surface area contributed by atoms with E-state index in [-0.39, 0.29) is 13.0 Å². The zero-order valence-corrected chi connectivity index (χ0v) is 7.02. The summed E-state index contributed by atoms with van der Waals surface area (Å²) >= 11 is 0. The first-order valence-electron chi connectivity index (χ1n) is 3.84. The van der Waals surface area contributed by atoms with Gasteiger partial charge in [-0.3, -0.25) is 4.79 Å². The van der Waals surface area contributed by atoms with Crippen LogP contribution in [0.15, 0.2) is 0 Å². The first kappa shape index (κ1) is 10.3. The number of hydrogen-bond donors (Lipinski definition) is 1. The maximum atomic E-state index is 12.3. The van der Waals surface area contributed by atoms with Crippen LogP contribution in [0.2, 0.25) is 0 Å². The van der Waals surface area contributed by atoms with Crippen molar-refractivity contribution in [1.29, 1.82) is 0 Å². The lowest BCUT2D eigenvalue weighted by Crippen LogP contribution is -2.42. The number of methoxy groups -OCH3 is 1. The van der Waals surface area contributed by atoms with E-state index in [9.17, 15) is 18.0 Å². The number of nitrogens with one attached hydrogen (secondary N) is 1. The third-order valence-corrected chi connectivity index (χ3v) is 2.10. The van der Waals surface area contributed by atoms with E-state index < -0.39 is 24.1 Å². The maximum absolute atomic E-state index is 12.3. The van der Waals surface area contributed by atoms with Crippen molar-refractivity contribution in [2.75, 3.05) is 13.7 Å². The van der Waals surface area contributed by atoms with Crippen LogP contribution < -0.4 is 5.32 Å². The summed E-state index contributed by atoms with van der Waals surface area (Å²) in [6.45, 7) is 0.198. The van der Waals surface area contributed by atoms with Gasteiger partial charge in [-0.05, 0) is 13.0 Å². The van der Waals surface area contributed by atoms with Gasteiger partial charge in [-0.1, -0.05) is 0 Å². The number of hydrogen-bond acceptors (Lipinski definition) is 3. The highest BCUT2D eigenvalue weighted by Crippen LogP contribution is 2.34. The van der Waals surface area contributed by atoms with Crippen LogP contribution in [-0.2, 0) is 9.53 Å². The molecule has 1 aliphatic rings. The molecule has 2 atom stereocenters. The molecule has 6 heteroatoms. The van der Waals surface area contributed by atoms with Gasteiger partial charge in [0.15, 0.2) is 0 Å². The molecule has 0 amide bonds. The van der Waals surface area contributed by atoms with E-state index in [1.54, 1.807) is 0 Å². The molecule has 1 heterocycles. The third-order valence-electron chi connectivity index (χ3n) is 2.10. The van der Waals surface area contributed by atoms with Crippen molar-refractivity contribution in [2.24, 2.45) is 5.92 Å². The van der Waals surface area contributed by atoms with Crippen molar-refractivity contribution in [3.63, 3.8) is 0 Å². The first-order chi connectivity index (χ1) is 5.96. The number of alkyl halides is 3. The topological polar surface area (TPSA) is 38.3 Å². The Morgan fingerprint density at radius 1 is 1.54 bits per heavy atom. The minimum Gasteiger partial charge on any atom is -0.468 e. The van der Waals surface area contributed by atoms with Gasteiger partial charge in [0.1, 0.15) is 6.04 Å². The van der Waals surface area contributed by atoms with Crippen molar-refractivity contribution in [3.05, 3.63) is 0 Å². The van der Waals surface area contributed by atoms with Crippen LogP contribution in [0.1, 0.15) is 6.42 Å². The molecule has 3 nitrogen and oxygen atoms in total. The number of carbonyl (C=O) groups excluding carboxylic acids is 1. The van der Waals surface area contributed by atoms with Gasteiger partial charge in [-0.25, -0.2) is 0 Å². The first-order valence-corrected chi connectivity index (χ1v) is 3.84. The van der Waals surface area contributed by atoms with Crippen LogP contribution in [0.5, 0.6) is 0 Å². The molecule has 13 heavy (non-hydrogen) atoms. The molecule has 0 aromatic carbocycles. The summed E-state index contributed by atoms with van der Waals surface area (Å²) in [7, 11) is 1.08. The van der Waals surface area contributed by atoms with E-state index in [1.165, 1.54) is 0 Å². The highest BCUT2D eigenvalue weighted by atomic mass is 19.4. The van der Waals surface area contributed by atoms with Gasteiger partial charge in [-0.15, -0.1) is 0 Å². The maximum Gasteiger partial charge on any atom is 0.393 e. The molecule has 0 aromatic heterocycles. The van der Waals surface area contributed by atoms with Crippen molar-refractivity contribution in [3.8, 4) is 0 Å². The minimum absolute atomic E-state index is 0.0662. The van der Waals surface area contributed by atoms with Crippen LogP contribution in [0.25, 0.3) is 0 Å². The molecule has 0 spiro atoms. The quantitative estimate of drug-likeness (QED) is 0.629. The van der Waals surface area contributed by atoms with Crippen molar-refractivity contribution < 1.29 is 22.7 Å². The summed E-state index contributed by atoms with van der Waals surface area (Å²) in [5, 5.41) is 2.47. The summed E-state index contributed by atoms with van der Waals surface area (Å²) in [6.07, 6.45) is -4.40. The second-order valence-corrected chi connectivity index (χ2v) is 2.89. The highest BCUT2D eigenvalue weighted by Gasteiger charge is 2.50. The number of halogens is 3. The number of carbonyl (C=O) groups is 1. The van der Waals surface area contributed by atoms with E-state index in [0.29, 0.717) is 0 Å². The highest BCUT2D eigenvalue weighted by molar-refractivity contribution is 5.76. The summed E-state index contributed by atoms with van der Waals surface area (Å²) in [6, 6.07) is -1.23. The molecular weight excluding hydrogens is 187 g/mol. The Bertz CT molecular complexity index is 204. The van der Waals surface area contributed by atoms with Gasteiger partial charge in [0.2, 0.25) is 0 Å². The average molecular weight is 197 g/mol. The van der Waals surface area contributed by atoms with Crippen molar-refractivity contribution >= 4 is 5.97 Å². The monoisotopic (exact) mass is 197 g/mol. The van der Waals surface area contributed by atoms with E-state index in [2.05, 4.69) is 10.1 Å². The molecule has 0 unspecified atom stereocenters. The molecule has 0 aliphatic carbocycles. The van der Waals surface area contributed by atoms with Crippen LogP contribution in [0.3, 0.4) is 0 Å². The van der Waals surface area contributed by atoms with Crippen LogP contribution in [-0.4, -0.2) is 31.8 Å². The minimum atomic E-state index is -4.33. The van der Waals surface area contributed by atoms with Crippen LogP contribution >= 0.6 is 0 Å². The SMILES string of the molecule is COC(=O)[C@@H]1NCC[C@H]1C(F)(F)F. The molecule has 0 bridgehead atoms. The Kier molecular flexibility index (Phi) is 2.80. The Balaban J connectivity index is 2.70. The smallest absolute Gasteiger partial charge is 0.393 e. The molecule has 1 fully saturated rings. The van der Waals surface area contributed by atoms with E-state index in [4.69, 9.17) is 0 Å². The largest absolute Gasteiger partial charge is 0.468 e. The van der Waals surface area contributed by atoms with Gasteiger partial charge >= 0.3 is 12.1 Å². The summed E-state index contributed by atoms with van der Waals surface area (Å²) in [5.74, 6) is -2.46. The number of rotatable bonds is 1. The number of ether oxygens (including phenoxy) is 1. The Hall–Kier alpha value is -0.780. The lowest BCUT2D eigenvalue weighted by molar-refractivity contribution is -0.184. The fourth-order valence-corrected chi connectivity index (χ4v) is 1.43. The fourth-order valence-electron chi connectivity index (χ4n) is 1.43. The van der Waals surface area contributed by atoms with Gasteiger partial charge in [0.25, 0.3) is 0 Å². The fraction of sp³-hybridized carbons (Fsp3) is 0.857. The predicted octanol–water partition coefficient (Wildman–Crippen LogP) is 0.700. The lowest BCUT2D eigenvalue weighted by atomic mass is 10.0. The van der Waals surface area contributed by atoms with Crippen molar-refractivity contribution in [2.45, 2.75) is 18.6 Å². The molecule has 0 radical (unpaired) electrons. The van der Waals surface area contributed by atoms with Gasteiger partial charge in [0.05, 0.1) is 13.0 Å². The molecule has 76 valence electrons. The van der Waals surface area contributed by atoms with Gasteiger partial charge < -0.3 is 10.1 Å². The molecule has 0 saturated carbocycles. The summed E-state index contributed by atoms with van der Waals surface area (Å²) in [5.41, 5.74) is 0. The third kappa shape index (κ3) is 2.12. The second kappa shape index (κ2) is 3.53. The Morgan fingerprint density at radius 3 is 2.62 bits per heavy atom. The summed E-state index contributed by atoms with van der Waals surface area (Å²) in [4.78, 5) is 10.9. The zero-order chi connectivity index (χ0) is 10.1. The molecule has 0 aromatic rings. The molecule has 1 aliphatic heterocycles. The molecule has 1 N–H and O–H groups in total. The van der Waals surface area contributed by atoms with Gasteiger partial charge in [0, 0.05) is 0 Å². The van der Waals surface area contributed by atoms with E-state index >= 15 is 0 Å². The van der Waals surface area contributed by atoms with Crippen molar-refractivity contribution in [1.82, 2.24) is 5.32 Å². The Morgan fingerprint density at radius 2 is 2.15 bits per heavy atom. The van der Waals surface area contributed by atoms with Crippen LogP contribution in [0, 0.1) is 5.92 Å². The molecular formula is C7H10F3NO2. The van der Waals surface area contributed by atoms with Gasteiger partial charge in [-0.2, -0.15) is 13.2 Å². The number of esters is 1. The lowest BCUT2D eigenvalue weighted by Gasteiger charge is -2.19. The predicted molar refractivity (Wildman–Crippen MR) is 38.0 cm³/mol. The standard InChI is InChI=1S/C7H10F3NO2/c1-13-6(12)5-4(2-3-11-5)7(8,9)10/h4-5,11H,2-3H2,1H3/t4-,5-/m1/s1. The van der Waals surface area contributed by atoms with E-state index in [0.717, 1.165) is 7.11 Å². The molecule has 1 saturated heterocycles. The Labute approximate surface area is 73.2 Å². The zero-order valence-electron chi connectivity index (χ0n) is 7.02.